The zero-order chi connectivity index (χ0) is 15.4. The monoisotopic (exact) mass is 299 g/mol. The lowest BCUT2D eigenvalue weighted by atomic mass is 10.2. The topological polar surface area (TPSA) is 55.4 Å². The second kappa shape index (κ2) is 11.6. The Bertz CT molecular complexity index is 375. The van der Waals surface area contributed by atoms with E-state index in [-0.39, 0.29) is 11.9 Å². The van der Waals surface area contributed by atoms with E-state index in [1.165, 1.54) is 24.4 Å². The molecule has 1 N–H and O–H groups in total. The van der Waals surface area contributed by atoms with Gasteiger partial charge in [0.25, 0.3) is 0 Å². The van der Waals surface area contributed by atoms with Gasteiger partial charge < -0.3 is 10.1 Å². The minimum Gasteiger partial charge on any atom is -0.469 e. The van der Waals surface area contributed by atoms with E-state index >= 15 is 0 Å². The van der Waals surface area contributed by atoms with Crippen molar-refractivity contribution in [1.82, 2.24) is 5.32 Å². The van der Waals surface area contributed by atoms with Crippen LogP contribution in [0.3, 0.4) is 0 Å². The molecule has 0 aromatic heterocycles. The van der Waals surface area contributed by atoms with Crippen molar-refractivity contribution >= 4 is 23.6 Å². The standard InChI is InChI=1S/C15H25NO3S/c1-5-12(2)6-7-13(3)10-16-14(17)11-20-9-8-15(18)19-4/h6-7H,5,8-11H2,1-4H3,(H,16,17)/b12-6+,13-7+. The van der Waals surface area contributed by atoms with Crippen LogP contribution >= 0.6 is 11.8 Å². The summed E-state index contributed by atoms with van der Waals surface area (Å²) in [6.45, 7) is 6.75. The number of carbonyl (C=O) groups is 2. The van der Waals surface area contributed by atoms with Gasteiger partial charge in [-0.3, -0.25) is 9.59 Å². The van der Waals surface area contributed by atoms with Crippen LogP contribution in [0.5, 0.6) is 0 Å². The van der Waals surface area contributed by atoms with Gasteiger partial charge in [0, 0.05) is 12.3 Å². The van der Waals surface area contributed by atoms with Gasteiger partial charge >= 0.3 is 5.97 Å². The molecule has 0 radical (unpaired) electrons. The molecule has 0 aliphatic carbocycles. The molecule has 1 amide bonds. The number of ether oxygens (including phenoxy) is 1. The summed E-state index contributed by atoms with van der Waals surface area (Å²) < 4.78 is 4.53. The molecule has 0 unspecified atom stereocenters. The first-order valence-corrected chi connectivity index (χ1v) is 7.89. The Kier molecular flexibility index (Phi) is 10.9. The van der Waals surface area contributed by atoms with Gasteiger partial charge in [0.05, 0.1) is 19.3 Å². The average molecular weight is 299 g/mol. The highest BCUT2D eigenvalue weighted by Gasteiger charge is 2.03. The molecule has 0 aromatic carbocycles. The molecule has 20 heavy (non-hydrogen) atoms. The molecule has 0 saturated heterocycles. The van der Waals surface area contributed by atoms with Crippen LogP contribution in [0.4, 0.5) is 0 Å². The maximum Gasteiger partial charge on any atom is 0.306 e. The Morgan fingerprint density at radius 1 is 1.20 bits per heavy atom. The second-order valence-corrected chi connectivity index (χ2v) is 5.64. The molecule has 0 saturated carbocycles. The van der Waals surface area contributed by atoms with Gasteiger partial charge in [0.2, 0.25) is 5.91 Å². The molecule has 0 spiro atoms. The van der Waals surface area contributed by atoms with Crippen molar-refractivity contribution in [2.24, 2.45) is 0 Å². The lowest BCUT2D eigenvalue weighted by molar-refractivity contribution is -0.140. The Balaban J connectivity index is 3.80. The van der Waals surface area contributed by atoms with Gasteiger partial charge in [-0.15, -0.1) is 0 Å². The van der Waals surface area contributed by atoms with Gasteiger partial charge in [-0.05, 0) is 20.3 Å². The number of allylic oxidation sites excluding steroid dienone is 3. The van der Waals surface area contributed by atoms with Crippen molar-refractivity contribution < 1.29 is 14.3 Å². The maximum atomic E-state index is 11.6. The van der Waals surface area contributed by atoms with E-state index in [0.29, 0.717) is 24.5 Å². The van der Waals surface area contributed by atoms with Crippen LogP contribution in [0.1, 0.15) is 33.6 Å². The van der Waals surface area contributed by atoms with Crippen molar-refractivity contribution in [3.63, 3.8) is 0 Å². The van der Waals surface area contributed by atoms with Crippen LogP contribution in [-0.2, 0) is 14.3 Å². The third-order valence-electron chi connectivity index (χ3n) is 2.69. The molecule has 0 bridgehead atoms. The molecule has 5 heteroatoms. The fourth-order valence-corrected chi connectivity index (χ4v) is 1.92. The number of methoxy groups -OCH3 is 1. The highest BCUT2D eigenvalue weighted by molar-refractivity contribution is 7.99. The van der Waals surface area contributed by atoms with E-state index in [2.05, 4.69) is 30.0 Å². The van der Waals surface area contributed by atoms with Gasteiger partial charge in [-0.25, -0.2) is 0 Å². The Morgan fingerprint density at radius 3 is 2.45 bits per heavy atom. The number of hydrogen-bond donors (Lipinski definition) is 1. The highest BCUT2D eigenvalue weighted by atomic mass is 32.2. The highest BCUT2D eigenvalue weighted by Crippen LogP contribution is 2.03. The van der Waals surface area contributed by atoms with Gasteiger partial charge in [-0.1, -0.05) is 30.2 Å². The lowest BCUT2D eigenvalue weighted by Gasteiger charge is -2.05. The first-order chi connectivity index (χ1) is 9.49. The number of hydrogen-bond acceptors (Lipinski definition) is 4. The normalized spacial score (nSPS) is 12.2. The van der Waals surface area contributed by atoms with Crippen LogP contribution in [0.15, 0.2) is 23.3 Å². The van der Waals surface area contributed by atoms with Crippen molar-refractivity contribution in [2.45, 2.75) is 33.6 Å². The summed E-state index contributed by atoms with van der Waals surface area (Å²) in [5.74, 6) is 0.722. The van der Waals surface area contributed by atoms with Gasteiger partial charge in [0.1, 0.15) is 0 Å². The summed E-state index contributed by atoms with van der Waals surface area (Å²) in [6.07, 6.45) is 5.48. The van der Waals surface area contributed by atoms with E-state index in [0.717, 1.165) is 12.0 Å². The van der Waals surface area contributed by atoms with E-state index in [1.807, 2.05) is 13.0 Å². The summed E-state index contributed by atoms with van der Waals surface area (Å²) >= 11 is 1.43. The third-order valence-corrected chi connectivity index (χ3v) is 3.64. The molecule has 0 aromatic rings. The van der Waals surface area contributed by atoms with Gasteiger partial charge in [-0.2, -0.15) is 11.8 Å². The SMILES string of the molecule is CC/C(C)=C/C=C(\C)CNC(=O)CSCCC(=O)OC. The quantitative estimate of drug-likeness (QED) is 0.404. The van der Waals surface area contributed by atoms with Crippen molar-refractivity contribution in [2.75, 3.05) is 25.2 Å². The molecular weight excluding hydrogens is 274 g/mol. The lowest BCUT2D eigenvalue weighted by Crippen LogP contribution is -2.26. The fourth-order valence-electron chi connectivity index (χ4n) is 1.17. The van der Waals surface area contributed by atoms with Crippen LogP contribution in [-0.4, -0.2) is 37.0 Å². The Hall–Kier alpha value is -1.23. The fraction of sp³-hybridized carbons (Fsp3) is 0.600. The largest absolute Gasteiger partial charge is 0.469 e. The molecule has 0 heterocycles. The van der Waals surface area contributed by atoms with Crippen molar-refractivity contribution in [3.05, 3.63) is 23.3 Å². The minimum atomic E-state index is -0.241. The van der Waals surface area contributed by atoms with Crippen molar-refractivity contribution in [1.29, 1.82) is 0 Å². The summed E-state index contributed by atoms with van der Waals surface area (Å²) in [6, 6.07) is 0. The Morgan fingerprint density at radius 2 is 1.85 bits per heavy atom. The van der Waals surface area contributed by atoms with E-state index in [9.17, 15) is 9.59 Å². The smallest absolute Gasteiger partial charge is 0.306 e. The maximum absolute atomic E-state index is 11.6. The molecule has 4 nitrogen and oxygen atoms in total. The predicted octanol–water partition coefficient (Wildman–Crippen LogP) is 2.70. The minimum absolute atomic E-state index is 0.0104. The van der Waals surface area contributed by atoms with E-state index < -0.39 is 0 Å². The second-order valence-electron chi connectivity index (χ2n) is 4.54. The molecule has 0 fully saturated rings. The predicted molar refractivity (Wildman–Crippen MR) is 84.8 cm³/mol. The molecule has 0 rings (SSSR count). The Labute approximate surface area is 126 Å². The summed E-state index contributed by atoms with van der Waals surface area (Å²) in [5, 5.41) is 2.85. The molecule has 114 valence electrons. The number of rotatable bonds is 9. The van der Waals surface area contributed by atoms with Crippen LogP contribution in [0, 0.1) is 0 Å². The van der Waals surface area contributed by atoms with Crippen LogP contribution in [0.2, 0.25) is 0 Å². The summed E-state index contributed by atoms with van der Waals surface area (Å²) in [4.78, 5) is 22.4. The number of amides is 1. The van der Waals surface area contributed by atoms with Crippen molar-refractivity contribution in [3.8, 4) is 0 Å². The first kappa shape index (κ1) is 18.8. The zero-order valence-corrected chi connectivity index (χ0v) is 13.6. The zero-order valence-electron chi connectivity index (χ0n) is 12.8. The van der Waals surface area contributed by atoms with Crippen LogP contribution < -0.4 is 5.32 Å². The average Bonchev–Trinajstić information content (AvgIpc) is 2.46. The molecule has 0 aliphatic rings. The summed E-state index contributed by atoms with van der Waals surface area (Å²) in [7, 11) is 1.36. The van der Waals surface area contributed by atoms with Crippen LogP contribution in [0.25, 0.3) is 0 Å². The first-order valence-electron chi connectivity index (χ1n) is 6.73. The number of esters is 1. The molecule has 0 aliphatic heterocycles. The van der Waals surface area contributed by atoms with E-state index in [4.69, 9.17) is 0 Å². The molecular formula is C15H25NO3S. The summed E-state index contributed by atoms with van der Waals surface area (Å²) in [5.41, 5.74) is 2.43. The number of nitrogens with one attached hydrogen (secondary N) is 1. The molecule has 0 atom stereocenters. The van der Waals surface area contributed by atoms with E-state index in [1.54, 1.807) is 0 Å². The number of thioether (sulfide) groups is 1. The third kappa shape index (κ3) is 10.7. The number of carbonyl (C=O) groups excluding carboxylic acids is 2. The van der Waals surface area contributed by atoms with Gasteiger partial charge in [0.15, 0.2) is 0 Å².